The lowest BCUT2D eigenvalue weighted by Crippen LogP contribution is -2.39. The summed E-state index contributed by atoms with van der Waals surface area (Å²) >= 11 is 3.28. The van der Waals surface area contributed by atoms with E-state index in [1.807, 2.05) is 12.1 Å². The van der Waals surface area contributed by atoms with Gasteiger partial charge in [0, 0.05) is 35.0 Å². The average molecular weight is 445 g/mol. The third kappa shape index (κ3) is 2.72. The van der Waals surface area contributed by atoms with Crippen LogP contribution in [0, 0.1) is 0 Å². The zero-order valence-electron chi connectivity index (χ0n) is 14.4. The largest absolute Gasteiger partial charge is 0.491 e. The van der Waals surface area contributed by atoms with Crippen molar-refractivity contribution in [3.63, 3.8) is 0 Å². The summed E-state index contributed by atoms with van der Waals surface area (Å²) in [4.78, 5) is 6.77. The van der Waals surface area contributed by atoms with Crippen LogP contribution in [0.4, 0.5) is 0 Å². The van der Waals surface area contributed by atoms with E-state index in [0.717, 1.165) is 18.5 Å². The lowest BCUT2D eigenvalue weighted by atomic mass is 9.89. The summed E-state index contributed by atoms with van der Waals surface area (Å²) in [7, 11) is -3.64. The molecule has 1 aromatic carbocycles. The normalized spacial score (nSPS) is 23.1. The van der Waals surface area contributed by atoms with Crippen LogP contribution >= 0.6 is 15.9 Å². The molecule has 2 aromatic rings. The molecule has 0 amide bonds. The van der Waals surface area contributed by atoms with E-state index in [2.05, 4.69) is 38.0 Å². The Balaban J connectivity index is 1.48. The van der Waals surface area contributed by atoms with Crippen molar-refractivity contribution >= 4 is 25.8 Å². The van der Waals surface area contributed by atoms with Crippen LogP contribution in [-0.4, -0.2) is 37.5 Å². The van der Waals surface area contributed by atoms with Crippen LogP contribution in [0.25, 0.3) is 0 Å². The number of nitrogens with zero attached hydrogens (tertiary/aromatic N) is 2. The number of pyridine rings is 1. The van der Waals surface area contributed by atoms with Crippen molar-refractivity contribution in [2.75, 3.05) is 13.2 Å². The van der Waals surface area contributed by atoms with Crippen LogP contribution < -0.4 is 4.74 Å². The predicted molar refractivity (Wildman–Crippen MR) is 104 cm³/mol. The molecule has 1 aliphatic carbocycles. The Labute approximate surface area is 166 Å². The van der Waals surface area contributed by atoms with Gasteiger partial charge >= 0.3 is 0 Å². The maximum Gasteiger partial charge on any atom is 0.208 e. The summed E-state index contributed by atoms with van der Waals surface area (Å²) < 4.78 is 32.5. The molecule has 1 fully saturated rings. The van der Waals surface area contributed by atoms with Crippen molar-refractivity contribution in [2.24, 2.45) is 0 Å². The van der Waals surface area contributed by atoms with Gasteiger partial charge in [-0.1, -0.05) is 12.1 Å². The second-order valence-corrected chi connectivity index (χ2v) is 9.82. The van der Waals surface area contributed by atoms with Crippen molar-refractivity contribution in [1.29, 1.82) is 0 Å². The molecule has 2 atom stereocenters. The van der Waals surface area contributed by atoms with E-state index in [1.165, 1.54) is 11.9 Å². The fourth-order valence-corrected chi connectivity index (χ4v) is 5.86. The number of allylic oxidation sites excluding steroid dienone is 3. The van der Waals surface area contributed by atoms with E-state index in [-0.39, 0.29) is 9.79 Å². The lowest BCUT2D eigenvalue weighted by Gasteiger charge is -2.36. The molecule has 1 aromatic heterocycles. The molecule has 3 heterocycles. The van der Waals surface area contributed by atoms with Crippen molar-refractivity contribution in [3.05, 3.63) is 70.6 Å². The number of fused-ring (bicyclic) bond motifs is 3. The van der Waals surface area contributed by atoms with Gasteiger partial charge in [-0.25, -0.2) is 8.42 Å². The molecule has 5 nitrogen and oxygen atoms in total. The molecule has 1 saturated heterocycles. The quantitative estimate of drug-likeness (QED) is 0.722. The summed E-state index contributed by atoms with van der Waals surface area (Å²) in [5.41, 5.74) is 2.36. The molecular weight excluding hydrogens is 428 g/mol. The fraction of sp³-hybridized carbons (Fsp3) is 0.250. The number of benzene rings is 1. The Kier molecular flexibility index (Phi) is 3.91. The SMILES string of the molecule is O=S(=O)(c1cncc(Br)c1)c1ccc2c(c1)OCC1C2CCN1C1=CC=C1. The van der Waals surface area contributed by atoms with Gasteiger partial charge in [0.2, 0.25) is 9.84 Å². The van der Waals surface area contributed by atoms with Crippen molar-refractivity contribution in [1.82, 2.24) is 9.88 Å². The third-order valence-electron chi connectivity index (χ3n) is 5.51. The van der Waals surface area contributed by atoms with Gasteiger partial charge in [-0.2, -0.15) is 0 Å². The highest BCUT2D eigenvalue weighted by Crippen LogP contribution is 2.44. The van der Waals surface area contributed by atoms with Crippen molar-refractivity contribution in [3.8, 4) is 5.75 Å². The van der Waals surface area contributed by atoms with Gasteiger partial charge in [0.05, 0.1) is 15.8 Å². The van der Waals surface area contributed by atoms with Crippen LogP contribution in [0.5, 0.6) is 5.75 Å². The Hall–Kier alpha value is -2.12. The lowest BCUT2D eigenvalue weighted by molar-refractivity contribution is 0.174. The molecule has 3 aliphatic rings. The first-order valence-corrected chi connectivity index (χ1v) is 11.1. The molecule has 0 radical (unpaired) electrons. The zero-order valence-corrected chi connectivity index (χ0v) is 16.8. The van der Waals surface area contributed by atoms with Gasteiger partial charge in [0.15, 0.2) is 0 Å². The maximum absolute atomic E-state index is 12.9. The first-order chi connectivity index (χ1) is 13.0. The summed E-state index contributed by atoms with van der Waals surface area (Å²) in [6.07, 6.45) is 10.3. The minimum atomic E-state index is -3.64. The first-order valence-electron chi connectivity index (χ1n) is 8.81. The third-order valence-corrected chi connectivity index (χ3v) is 7.66. The van der Waals surface area contributed by atoms with E-state index in [4.69, 9.17) is 4.74 Å². The number of halogens is 1. The van der Waals surface area contributed by atoms with E-state index in [1.54, 1.807) is 24.4 Å². The highest BCUT2D eigenvalue weighted by Gasteiger charge is 2.41. The number of rotatable bonds is 3. The Bertz CT molecular complexity index is 1090. The molecule has 0 bridgehead atoms. The van der Waals surface area contributed by atoms with Gasteiger partial charge in [-0.15, -0.1) is 0 Å². The second-order valence-electron chi connectivity index (χ2n) is 6.96. The summed E-state index contributed by atoms with van der Waals surface area (Å²) in [5.74, 6) is 1.05. The van der Waals surface area contributed by atoms with Crippen LogP contribution in [0.2, 0.25) is 0 Å². The van der Waals surface area contributed by atoms with Gasteiger partial charge in [-0.05, 0) is 58.3 Å². The topological polar surface area (TPSA) is 59.5 Å². The average Bonchev–Trinajstić information content (AvgIpc) is 3.04. The number of ether oxygens (including phenoxy) is 1. The molecule has 5 rings (SSSR count). The number of sulfone groups is 1. The molecule has 7 heteroatoms. The molecular formula is C20H17BrN2O3S. The van der Waals surface area contributed by atoms with E-state index >= 15 is 0 Å². The monoisotopic (exact) mass is 444 g/mol. The van der Waals surface area contributed by atoms with Crippen molar-refractivity contribution < 1.29 is 13.2 Å². The number of hydrogen-bond donors (Lipinski definition) is 0. The fourth-order valence-electron chi connectivity index (χ4n) is 4.08. The molecule has 2 aliphatic heterocycles. The summed E-state index contributed by atoms with van der Waals surface area (Å²) in [5, 5.41) is 0. The van der Waals surface area contributed by atoms with E-state index in [0.29, 0.717) is 28.8 Å². The van der Waals surface area contributed by atoms with Gasteiger partial charge in [0.25, 0.3) is 0 Å². The first kappa shape index (κ1) is 17.0. The predicted octanol–water partition coefficient (Wildman–Crippen LogP) is 3.68. The molecule has 27 heavy (non-hydrogen) atoms. The molecule has 0 spiro atoms. The molecule has 138 valence electrons. The Morgan fingerprint density at radius 2 is 2.04 bits per heavy atom. The van der Waals surface area contributed by atoms with Gasteiger partial charge in [-0.3, -0.25) is 4.98 Å². The van der Waals surface area contributed by atoms with Crippen LogP contribution in [-0.2, 0) is 9.84 Å². The highest BCUT2D eigenvalue weighted by molar-refractivity contribution is 9.10. The van der Waals surface area contributed by atoms with Gasteiger partial charge in [0.1, 0.15) is 12.4 Å². The van der Waals surface area contributed by atoms with Crippen LogP contribution in [0.15, 0.2) is 74.8 Å². The van der Waals surface area contributed by atoms with Crippen LogP contribution in [0.3, 0.4) is 0 Å². The van der Waals surface area contributed by atoms with E-state index in [9.17, 15) is 8.42 Å². The highest BCUT2D eigenvalue weighted by atomic mass is 79.9. The summed E-state index contributed by atoms with van der Waals surface area (Å²) in [6, 6.07) is 7.14. The maximum atomic E-state index is 12.9. The Morgan fingerprint density at radius 1 is 1.19 bits per heavy atom. The van der Waals surface area contributed by atoms with Crippen molar-refractivity contribution in [2.45, 2.75) is 28.2 Å². The number of aromatic nitrogens is 1. The van der Waals surface area contributed by atoms with E-state index < -0.39 is 9.84 Å². The zero-order chi connectivity index (χ0) is 18.6. The number of hydrogen-bond acceptors (Lipinski definition) is 5. The van der Waals surface area contributed by atoms with Gasteiger partial charge < -0.3 is 9.64 Å². The minimum absolute atomic E-state index is 0.168. The molecule has 0 saturated carbocycles. The molecule has 2 unspecified atom stereocenters. The Morgan fingerprint density at radius 3 is 2.78 bits per heavy atom. The second kappa shape index (κ2) is 6.21. The van der Waals surface area contributed by atoms with Crippen LogP contribution in [0.1, 0.15) is 17.9 Å². The minimum Gasteiger partial charge on any atom is -0.491 e. The summed E-state index contributed by atoms with van der Waals surface area (Å²) in [6.45, 7) is 1.57. The standard InChI is InChI=1S/C20H17BrN2O3S/c21-13-8-16(11-22-10-13)27(24,25)15-4-5-18-17-6-7-23(14-2-1-3-14)19(17)12-26-20(18)9-15/h1-5,8-11,17,19H,6-7,12H2. The molecule has 0 N–H and O–H groups in total. The number of likely N-dealkylation sites (tertiary alicyclic amines) is 1. The smallest absolute Gasteiger partial charge is 0.208 e.